The average molecular weight is 294 g/mol. The van der Waals surface area contributed by atoms with Crippen molar-refractivity contribution in [2.75, 3.05) is 59.6 Å². The zero-order chi connectivity index (χ0) is 15.5. The molecule has 3 atom stereocenters. The summed E-state index contributed by atoms with van der Waals surface area (Å²) in [7, 11) is 1.94. The number of nitrogens with zero attached hydrogens (tertiary/aromatic N) is 2. The van der Waals surface area contributed by atoms with Crippen LogP contribution >= 0.6 is 0 Å². The molecule has 0 heterocycles. The highest BCUT2D eigenvalue weighted by Gasteiger charge is 2.16. The molecule has 0 aromatic carbocycles. The number of likely N-dealkylation sites (N-methyl/N-ethyl adjacent to an activating group) is 1. The number of aliphatic hydroxyl groups excluding tert-OH is 5. The van der Waals surface area contributed by atoms with Gasteiger partial charge >= 0.3 is 0 Å². The van der Waals surface area contributed by atoms with E-state index in [1.807, 2.05) is 18.9 Å². The van der Waals surface area contributed by atoms with Gasteiger partial charge in [-0.1, -0.05) is 6.92 Å². The Morgan fingerprint density at radius 1 is 0.800 bits per heavy atom. The Bertz CT molecular complexity index is 221. The van der Waals surface area contributed by atoms with Gasteiger partial charge in [-0.25, -0.2) is 0 Å². The molecular weight excluding hydrogens is 264 g/mol. The predicted octanol–water partition coefficient (Wildman–Crippen LogP) is -2.44. The predicted molar refractivity (Wildman–Crippen MR) is 76.4 cm³/mol. The summed E-state index contributed by atoms with van der Waals surface area (Å²) in [5.74, 6) is 0.194. The smallest absolute Gasteiger partial charge is 0.0897 e. The van der Waals surface area contributed by atoms with E-state index >= 15 is 0 Å². The first kappa shape index (κ1) is 19.7. The van der Waals surface area contributed by atoms with Gasteiger partial charge in [-0.3, -0.25) is 4.90 Å². The summed E-state index contributed by atoms with van der Waals surface area (Å²) in [6, 6.07) is 0. The van der Waals surface area contributed by atoms with Crippen LogP contribution in [0.2, 0.25) is 0 Å². The van der Waals surface area contributed by atoms with E-state index in [-0.39, 0.29) is 38.8 Å². The second-order valence-corrected chi connectivity index (χ2v) is 5.48. The summed E-state index contributed by atoms with van der Waals surface area (Å²) >= 11 is 0. The fourth-order valence-corrected chi connectivity index (χ4v) is 1.96. The standard InChI is InChI=1S/C13H30N2O5/c1-11(8-16)5-14(2)3-4-15(6-12(19)9-17)7-13(20)10-18/h11-13,16-20H,3-10H2,1-2H3/t11-,12-,13-/m1/s1. The minimum Gasteiger partial charge on any atom is -0.396 e. The highest BCUT2D eigenvalue weighted by Crippen LogP contribution is 2.00. The van der Waals surface area contributed by atoms with Gasteiger partial charge in [0, 0.05) is 39.3 Å². The molecule has 0 aromatic heterocycles. The van der Waals surface area contributed by atoms with Gasteiger partial charge in [-0.15, -0.1) is 0 Å². The van der Waals surface area contributed by atoms with Crippen molar-refractivity contribution in [3.63, 3.8) is 0 Å². The molecule has 5 N–H and O–H groups in total. The lowest BCUT2D eigenvalue weighted by molar-refractivity contribution is 0.0203. The lowest BCUT2D eigenvalue weighted by Crippen LogP contribution is -2.44. The highest BCUT2D eigenvalue weighted by atomic mass is 16.3. The van der Waals surface area contributed by atoms with Crippen molar-refractivity contribution >= 4 is 0 Å². The first-order valence-electron chi connectivity index (χ1n) is 7.02. The van der Waals surface area contributed by atoms with Crippen molar-refractivity contribution < 1.29 is 25.5 Å². The van der Waals surface area contributed by atoms with E-state index in [2.05, 4.69) is 4.90 Å². The van der Waals surface area contributed by atoms with E-state index in [1.165, 1.54) is 0 Å². The molecule has 122 valence electrons. The third-order valence-corrected chi connectivity index (χ3v) is 3.09. The Labute approximate surface area is 121 Å². The Kier molecular flexibility index (Phi) is 11.2. The maximum absolute atomic E-state index is 9.48. The van der Waals surface area contributed by atoms with E-state index in [1.54, 1.807) is 0 Å². The van der Waals surface area contributed by atoms with Crippen LogP contribution in [0.25, 0.3) is 0 Å². The number of aliphatic hydroxyl groups is 5. The molecule has 0 aromatic rings. The van der Waals surface area contributed by atoms with Crippen molar-refractivity contribution in [2.24, 2.45) is 5.92 Å². The molecule has 7 nitrogen and oxygen atoms in total. The van der Waals surface area contributed by atoms with Gasteiger partial charge in [-0.05, 0) is 13.0 Å². The van der Waals surface area contributed by atoms with E-state index in [4.69, 9.17) is 15.3 Å². The highest BCUT2D eigenvalue weighted by molar-refractivity contribution is 4.70. The lowest BCUT2D eigenvalue weighted by atomic mass is 10.2. The summed E-state index contributed by atoms with van der Waals surface area (Å²) in [6.45, 7) is 4.00. The van der Waals surface area contributed by atoms with Crippen LogP contribution < -0.4 is 0 Å². The summed E-state index contributed by atoms with van der Waals surface area (Å²) in [6.07, 6.45) is -1.72. The molecule has 0 aliphatic heterocycles. The van der Waals surface area contributed by atoms with Gasteiger partial charge in [0.15, 0.2) is 0 Å². The van der Waals surface area contributed by atoms with E-state index < -0.39 is 12.2 Å². The summed E-state index contributed by atoms with van der Waals surface area (Å²) < 4.78 is 0. The van der Waals surface area contributed by atoms with Crippen LogP contribution in [0.3, 0.4) is 0 Å². The molecule has 0 aliphatic carbocycles. The number of hydrogen-bond donors (Lipinski definition) is 5. The molecule has 20 heavy (non-hydrogen) atoms. The molecule has 0 fully saturated rings. The maximum atomic E-state index is 9.48. The van der Waals surface area contributed by atoms with Crippen molar-refractivity contribution in [3.05, 3.63) is 0 Å². The third kappa shape index (κ3) is 9.60. The first-order valence-corrected chi connectivity index (χ1v) is 7.02. The van der Waals surface area contributed by atoms with Crippen LogP contribution in [-0.2, 0) is 0 Å². The van der Waals surface area contributed by atoms with Gasteiger partial charge in [0.2, 0.25) is 0 Å². The summed E-state index contributed by atoms with van der Waals surface area (Å²) in [5.41, 5.74) is 0. The second kappa shape index (κ2) is 11.4. The lowest BCUT2D eigenvalue weighted by Gasteiger charge is -2.29. The van der Waals surface area contributed by atoms with Gasteiger partial charge in [0.25, 0.3) is 0 Å². The first-order chi connectivity index (χ1) is 9.42. The van der Waals surface area contributed by atoms with Crippen LogP contribution in [0.1, 0.15) is 6.92 Å². The third-order valence-electron chi connectivity index (χ3n) is 3.09. The van der Waals surface area contributed by atoms with E-state index in [9.17, 15) is 10.2 Å². The van der Waals surface area contributed by atoms with Crippen LogP contribution in [0.5, 0.6) is 0 Å². The number of rotatable bonds is 12. The molecule has 0 aliphatic rings. The zero-order valence-corrected chi connectivity index (χ0v) is 12.5. The van der Waals surface area contributed by atoms with Crippen molar-refractivity contribution in [3.8, 4) is 0 Å². The molecular formula is C13H30N2O5. The average Bonchev–Trinajstić information content (AvgIpc) is 2.43. The quantitative estimate of drug-likeness (QED) is 0.272. The van der Waals surface area contributed by atoms with Crippen LogP contribution in [-0.4, -0.2) is 107 Å². The van der Waals surface area contributed by atoms with E-state index in [0.29, 0.717) is 13.1 Å². The molecule has 0 saturated heterocycles. The van der Waals surface area contributed by atoms with Gasteiger partial charge in [0.1, 0.15) is 0 Å². The van der Waals surface area contributed by atoms with Gasteiger partial charge in [-0.2, -0.15) is 0 Å². The molecule has 0 rings (SSSR count). The van der Waals surface area contributed by atoms with Gasteiger partial charge < -0.3 is 30.4 Å². The molecule has 7 heteroatoms. The van der Waals surface area contributed by atoms with Crippen molar-refractivity contribution in [1.29, 1.82) is 0 Å². The molecule has 0 saturated carbocycles. The molecule has 0 spiro atoms. The van der Waals surface area contributed by atoms with E-state index in [0.717, 1.165) is 6.54 Å². The van der Waals surface area contributed by atoms with Crippen LogP contribution in [0.15, 0.2) is 0 Å². The Hall–Kier alpha value is -0.280. The van der Waals surface area contributed by atoms with Crippen molar-refractivity contribution in [2.45, 2.75) is 19.1 Å². The number of hydrogen-bond acceptors (Lipinski definition) is 7. The monoisotopic (exact) mass is 294 g/mol. The van der Waals surface area contributed by atoms with Crippen molar-refractivity contribution in [1.82, 2.24) is 9.80 Å². The Balaban J connectivity index is 4.19. The SMILES string of the molecule is C[C@@H](CO)CN(C)CCN(C[C@@H](O)CO)C[C@@H](O)CO. The van der Waals surface area contributed by atoms with Gasteiger partial charge in [0.05, 0.1) is 25.4 Å². The molecule has 0 bridgehead atoms. The molecule has 0 unspecified atom stereocenters. The minimum atomic E-state index is -0.859. The molecule has 0 amide bonds. The Morgan fingerprint density at radius 3 is 1.70 bits per heavy atom. The topological polar surface area (TPSA) is 108 Å². The fraction of sp³-hybridized carbons (Fsp3) is 1.00. The fourth-order valence-electron chi connectivity index (χ4n) is 1.96. The maximum Gasteiger partial charge on any atom is 0.0897 e. The zero-order valence-electron chi connectivity index (χ0n) is 12.5. The van der Waals surface area contributed by atoms with Crippen LogP contribution in [0, 0.1) is 5.92 Å². The molecule has 0 radical (unpaired) electrons. The normalized spacial score (nSPS) is 16.6. The Morgan fingerprint density at radius 2 is 1.30 bits per heavy atom. The summed E-state index contributed by atoms with van der Waals surface area (Å²) in [5, 5.41) is 45.7. The minimum absolute atomic E-state index is 0.139. The summed E-state index contributed by atoms with van der Waals surface area (Å²) in [4.78, 5) is 3.87. The van der Waals surface area contributed by atoms with Crippen LogP contribution in [0.4, 0.5) is 0 Å². The largest absolute Gasteiger partial charge is 0.396 e. The second-order valence-electron chi connectivity index (χ2n) is 5.48.